The summed E-state index contributed by atoms with van der Waals surface area (Å²) in [5.41, 5.74) is 5.78. The SMILES string of the molecule is O[C@@H]1Cc2ccccc2C[C@H]1N1CCC2(C=Cc3cc(Br)ccc32)CC1. The number of aliphatic hydroxyl groups excluding tert-OH is 1. The lowest BCUT2D eigenvalue weighted by Gasteiger charge is -2.45. The van der Waals surface area contributed by atoms with Crippen molar-refractivity contribution in [3.63, 3.8) is 0 Å². The minimum atomic E-state index is -0.249. The summed E-state index contributed by atoms with van der Waals surface area (Å²) < 4.78 is 1.15. The number of aliphatic hydroxyl groups is 1. The molecule has 2 aromatic rings. The Labute approximate surface area is 163 Å². The summed E-state index contributed by atoms with van der Waals surface area (Å²) in [5.74, 6) is 0. The van der Waals surface area contributed by atoms with Gasteiger partial charge in [0, 0.05) is 22.4 Å². The van der Waals surface area contributed by atoms with Gasteiger partial charge in [0.25, 0.3) is 0 Å². The Morgan fingerprint density at radius 3 is 2.50 bits per heavy atom. The number of rotatable bonds is 1. The van der Waals surface area contributed by atoms with Crippen molar-refractivity contribution >= 4 is 22.0 Å². The van der Waals surface area contributed by atoms with Crippen LogP contribution >= 0.6 is 15.9 Å². The summed E-state index contributed by atoms with van der Waals surface area (Å²) in [4.78, 5) is 2.54. The van der Waals surface area contributed by atoms with Crippen LogP contribution in [-0.4, -0.2) is 35.2 Å². The molecule has 1 N–H and O–H groups in total. The summed E-state index contributed by atoms with van der Waals surface area (Å²) in [6, 6.07) is 15.6. The number of fused-ring (bicyclic) bond motifs is 3. The van der Waals surface area contributed by atoms with Crippen LogP contribution in [0.4, 0.5) is 0 Å². The Morgan fingerprint density at radius 2 is 1.73 bits per heavy atom. The molecule has 5 rings (SSSR count). The predicted molar refractivity (Wildman–Crippen MR) is 109 cm³/mol. The molecule has 0 saturated carbocycles. The molecule has 1 fully saturated rings. The van der Waals surface area contributed by atoms with Crippen molar-refractivity contribution in [2.75, 3.05) is 13.1 Å². The number of allylic oxidation sites excluding steroid dienone is 1. The molecule has 0 aromatic heterocycles. The third-order valence-electron chi connectivity index (χ3n) is 6.71. The Morgan fingerprint density at radius 1 is 1.00 bits per heavy atom. The van der Waals surface area contributed by atoms with Crippen LogP contribution in [0.15, 0.2) is 53.0 Å². The highest BCUT2D eigenvalue weighted by Crippen LogP contribution is 2.45. The maximum Gasteiger partial charge on any atom is 0.0738 e. The molecule has 0 unspecified atom stereocenters. The normalized spacial score (nSPS) is 26.7. The largest absolute Gasteiger partial charge is 0.391 e. The van der Waals surface area contributed by atoms with Gasteiger partial charge in [-0.3, -0.25) is 4.90 Å². The van der Waals surface area contributed by atoms with Gasteiger partial charge in [-0.2, -0.15) is 0 Å². The molecular weight excluding hydrogens is 386 g/mol. The molecule has 1 heterocycles. The van der Waals surface area contributed by atoms with Crippen molar-refractivity contribution in [2.45, 2.75) is 43.2 Å². The molecule has 2 atom stereocenters. The number of piperidine rings is 1. The van der Waals surface area contributed by atoms with E-state index in [9.17, 15) is 5.11 Å². The van der Waals surface area contributed by atoms with Gasteiger partial charge in [0.05, 0.1) is 6.10 Å². The zero-order valence-corrected chi connectivity index (χ0v) is 16.5. The van der Waals surface area contributed by atoms with Gasteiger partial charge in [-0.15, -0.1) is 0 Å². The van der Waals surface area contributed by atoms with E-state index in [-0.39, 0.29) is 17.6 Å². The van der Waals surface area contributed by atoms with Gasteiger partial charge in [0.1, 0.15) is 0 Å². The molecule has 0 bridgehead atoms. The highest BCUT2D eigenvalue weighted by Gasteiger charge is 2.41. The van der Waals surface area contributed by atoms with Crippen molar-refractivity contribution in [2.24, 2.45) is 0 Å². The highest BCUT2D eigenvalue weighted by molar-refractivity contribution is 9.10. The number of nitrogens with zero attached hydrogens (tertiary/aromatic N) is 1. The van der Waals surface area contributed by atoms with E-state index >= 15 is 0 Å². The lowest BCUT2D eigenvalue weighted by molar-refractivity contribution is 0.0237. The van der Waals surface area contributed by atoms with E-state index in [4.69, 9.17) is 0 Å². The number of benzene rings is 2. The molecule has 0 amide bonds. The molecule has 134 valence electrons. The average Bonchev–Trinajstić information content (AvgIpc) is 2.99. The minimum Gasteiger partial charge on any atom is -0.391 e. The summed E-state index contributed by atoms with van der Waals surface area (Å²) in [5, 5.41) is 10.8. The molecule has 2 aliphatic carbocycles. The first kappa shape index (κ1) is 16.7. The molecule has 2 nitrogen and oxygen atoms in total. The number of hydrogen-bond acceptors (Lipinski definition) is 2. The minimum absolute atomic E-state index is 0.198. The molecule has 0 radical (unpaired) electrons. The molecule has 26 heavy (non-hydrogen) atoms. The van der Waals surface area contributed by atoms with Crippen molar-refractivity contribution in [1.29, 1.82) is 0 Å². The second-order valence-corrected chi connectivity index (χ2v) is 8.98. The Balaban J connectivity index is 1.34. The van der Waals surface area contributed by atoms with Crippen molar-refractivity contribution in [1.82, 2.24) is 4.90 Å². The van der Waals surface area contributed by atoms with E-state index in [1.54, 1.807) is 0 Å². The fourth-order valence-corrected chi connectivity index (χ4v) is 5.58. The highest BCUT2D eigenvalue weighted by atomic mass is 79.9. The first-order valence-electron chi connectivity index (χ1n) is 9.63. The molecule has 1 spiro atoms. The summed E-state index contributed by atoms with van der Waals surface area (Å²) in [6.07, 6.45) is 8.52. The summed E-state index contributed by atoms with van der Waals surface area (Å²) in [7, 11) is 0. The van der Waals surface area contributed by atoms with Crippen molar-refractivity contribution < 1.29 is 5.11 Å². The van der Waals surface area contributed by atoms with Crippen molar-refractivity contribution in [3.05, 3.63) is 75.3 Å². The van der Waals surface area contributed by atoms with Crippen LogP contribution in [0, 0.1) is 0 Å². The number of halogens is 1. The second kappa shape index (κ2) is 6.33. The van der Waals surface area contributed by atoms with Crippen LogP contribution in [0.2, 0.25) is 0 Å². The van der Waals surface area contributed by atoms with Gasteiger partial charge < -0.3 is 5.11 Å². The van der Waals surface area contributed by atoms with Gasteiger partial charge in [-0.1, -0.05) is 58.4 Å². The Bertz CT molecular complexity index is 866. The maximum absolute atomic E-state index is 10.8. The standard InChI is InChI=1S/C23H24BrNO/c24-19-5-6-20-18(13-19)7-8-23(20)9-11-25(12-10-23)21-14-16-3-1-2-4-17(16)15-22(21)26/h1-8,13,21-22,26H,9-12,14-15H2/t21-,22-/m1/s1. The summed E-state index contributed by atoms with van der Waals surface area (Å²) in [6.45, 7) is 2.12. The second-order valence-electron chi connectivity index (χ2n) is 8.07. The first-order valence-corrected chi connectivity index (χ1v) is 10.4. The van der Waals surface area contributed by atoms with Crippen LogP contribution in [0.25, 0.3) is 6.08 Å². The van der Waals surface area contributed by atoms with Gasteiger partial charge in [0.15, 0.2) is 0 Å². The number of hydrogen-bond donors (Lipinski definition) is 1. The number of likely N-dealkylation sites (tertiary alicyclic amines) is 1. The lowest BCUT2D eigenvalue weighted by atomic mass is 9.73. The predicted octanol–water partition coefficient (Wildman–Crippen LogP) is 4.34. The van der Waals surface area contributed by atoms with Crippen LogP contribution in [-0.2, 0) is 18.3 Å². The summed E-state index contributed by atoms with van der Waals surface area (Å²) >= 11 is 3.59. The molecule has 3 heteroatoms. The smallest absolute Gasteiger partial charge is 0.0738 e. The van der Waals surface area contributed by atoms with Gasteiger partial charge in [-0.05, 0) is 66.7 Å². The van der Waals surface area contributed by atoms with Gasteiger partial charge in [0.2, 0.25) is 0 Å². The fourth-order valence-electron chi connectivity index (χ4n) is 5.21. The first-order chi connectivity index (χ1) is 12.6. The zero-order valence-electron chi connectivity index (χ0n) is 14.9. The Hall–Kier alpha value is -1.42. The van der Waals surface area contributed by atoms with Crippen LogP contribution in [0.1, 0.15) is 35.1 Å². The van der Waals surface area contributed by atoms with E-state index in [0.717, 1.165) is 43.2 Å². The maximum atomic E-state index is 10.8. The molecule has 3 aliphatic rings. The third-order valence-corrected chi connectivity index (χ3v) is 7.21. The van der Waals surface area contributed by atoms with E-state index in [1.807, 2.05) is 0 Å². The average molecular weight is 410 g/mol. The lowest BCUT2D eigenvalue weighted by Crippen LogP contribution is -2.53. The monoisotopic (exact) mass is 409 g/mol. The van der Waals surface area contributed by atoms with Gasteiger partial charge in [-0.25, -0.2) is 0 Å². The Kier molecular flexibility index (Phi) is 4.07. The fraction of sp³-hybridized carbons (Fsp3) is 0.391. The third kappa shape index (κ3) is 2.69. The molecule has 2 aromatic carbocycles. The van der Waals surface area contributed by atoms with Crippen LogP contribution in [0.5, 0.6) is 0 Å². The van der Waals surface area contributed by atoms with Crippen molar-refractivity contribution in [3.8, 4) is 0 Å². The molecule has 1 saturated heterocycles. The zero-order chi connectivity index (χ0) is 17.7. The van der Waals surface area contributed by atoms with Crippen LogP contribution in [0.3, 0.4) is 0 Å². The van der Waals surface area contributed by atoms with E-state index in [2.05, 4.69) is 75.4 Å². The van der Waals surface area contributed by atoms with Crippen LogP contribution < -0.4 is 0 Å². The van der Waals surface area contributed by atoms with Gasteiger partial charge >= 0.3 is 0 Å². The quantitative estimate of drug-likeness (QED) is 0.756. The molecule has 1 aliphatic heterocycles. The molecular formula is C23H24BrNO. The van der Waals surface area contributed by atoms with E-state index in [0.29, 0.717) is 0 Å². The van der Waals surface area contributed by atoms with E-state index < -0.39 is 0 Å². The van der Waals surface area contributed by atoms with E-state index in [1.165, 1.54) is 22.3 Å². The topological polar surface area (TPSA) is 23.5 Å².